The van der Waals surface area contributed by atoms with Crippen LogP contribution in [-0.4, -0.2) is 18.0 Å². The van der Waals surface area contributed by atoms with Crippen LogP contribution < -0.4 is 11.1 Å². The first-order chi connectivity index (χ1) is 9.65. The van der Waals surface area contributed by atoms with Gasteiger partial charge in [0, 0.05) is 12.1 Å². The van der Waals surface area contributed by atoms with Crippen molar-refractivity contribution in [3.8, 4) is 0 Å². The van der Waals surface area contributed by atoms with E-state index in [2.05, 4.69) is 17.4 Å². The highest BCUT2D eigenvalue weighted by Gasteiger charge is 2.51. The van der Waals surface area contributed by atoms with E-state index in [1.165, 1.54) is 19.3 Å². The summed E-state index contributed by atoms with van der Waals surface area (Å²) in [6.07, 6.45) is 7.64. The number of nitrogens with two attached hydrogens (primary N) is 1. The Morgan fingerprint density at radius 1 is 1.05 bits per heavy atom. The third kappa shape index (κ3) is 3.41. The molecular formula is C17H25ClN2O. The molecule has 0 aromatic heterocycles. The Kier molecular flexibility index (Phi) is 4.95. The Morgan fingerprint density at radius 2 is 1.67 bits per heavy atom. The number of amides is 1. The molecule has 2 saturated carbocycles. The summed E-state index contributed by atoms with van der Waals surface area (Å²) in [4.78, 5) is 12.5. The van der Waals surface area contributed by atoms with Gasteiger partial charge in [-0.05, 0) is 31.2 Å². The second-order valence-electron chi connectivity index (χ2n) is 6.55. The minimum absolute atomic E-state index is 0. The monoisotopic (exact) mass is 308 g/mol. The smallest absolute Gasteiger partial charge is 0.230 e. The highest BCUT2D eigenvalue weighted by atomic mass is 35.5. The third-order valence-electron chi connectivity index (χ3n) is 4.96. The maximum absolute atomic E-state index is 12.5. The fourth-order valence-electron chi connectivity index (χ4n) is 3.39. The molecule has 0 saturated heterocycles. The first-order valence-corrected chi connectivity index (χ1v) is 7.77. The van der Waals surface area contributed by atoms with Gasteiger partial charge >= 0.3 is 0 Å². The van der Waals surface area contributed by atoms with E-state index in [0.717, 1.165) is 31.2 Å². The molecule has 2 fully saturated rings. The molecule has 0 spiro atoms. The van der Waals surface area contributed by atoms with Gasteiger partial charge in [-0.1, -0.05) is 49.6 Å². The Hall–Kier alpha value is -1.06. The summed E-state index contributed by atoms with van der Waals surface area (Å²) in [5, 5.41) is 3.13. The number of hydrogen-bond acceptors (Lipinski definition) is 2. The van der Waals surface area contributed by atoms with Gasteiger partial charge in [0.1, 0.15) is 0 Å². The molecule has 0 unspecified atom stereocenters. The molecule has 2 aliphatic carbocycles. The largest absolute Gasteiger partial charge is 0.353 e. The van der Waals surface area contributed by atoms with Crippen molar-refractivity contribution in [1.29, 1.82) is 0 Å². The average Bonchev–Trinajstić information content (AvgIpc) is 3.28. The van der Waals surface area contributed by atoms with Gasteiger partial charge in [-0.25, -0.2) is 0 Å². The number of carbonyl (C=O) groups excluding carboxylic acids is 1. The summed E-state index contributed by atoms with van der Waals surface area (Å²) >= 11 is 0. The first kappa shape index (κ1) is 16.3. The molecule has 0 atom stereocenters. The van der Waals surface area contributed by atoms with Crippen LogP contribution in [0.1, 0.15) is 50.5 Å². The van der Waals surface area contributed by atoms with Gasteiger partial charge in [0.05, 0.1) is 5.41 Å². The van der Waals surface area contributed by atoms with Crippen LogP contribution in [0.4, 0.5) is 0 Å². The van der Waals surface area contributed by atoms with E-state index in [9.17, 15) is 4.79 Å². The zero-order valence-electron chi connectivity index (χ0n) is 12.4. The highest BCUT2D eigenvalue weighted by molar-refractivity contribution is 5.91. The molecule has 3 nitrogen and oxygen atoms in total. The molecule has 0 radical (unpaired) electrons. The number of nitrogens with one attached hydrogen (secondary N) is 1. The van der Waals surface area contributed by atoms with Crippen LogP contribution in [0.2, 0.25) is 0 Å². The zero-order chi connectivity index (χ0) is 14.1. The standard InChI is InChI=1S/C17H24N2O.ClH/c18-16(9-5-2-6-10-16)13-19-15(20)17(11-12-17)14-7-3-1-4-8-14;/h1,3-4,7-8H,2,5-6,9-13,18H2,(H,19,20);1H. The molecule has 0 aliphatic heterocycles. The number of carbonyl (C=O) groups is 1. The van der Waals surface area contributed by atoms with Gasteiger partial charge < -0.3 is 11.1 Å². The second kappa shape index (κ2) is 6.37. The van der Waals surface area contributed by atoms with E-state index in [-0.39, 0.29) is 29.3 Å². The summed E-state index contributed by atoms with van der Waals surface area (Å²) in [7, 11) is 0. The highest BCUT2D eigenvalue weighted by Crippen LogP contribution is 2.48. The first-order valence-electron chi connectivity index (χ1n) is 7.77. The maximum Gasteiger partial charge on any atom is 0.230 e. The molecule has 4 heteroatoms. The van der Waals surface area contributed by atoms with Gasteiger partial charge in [0.15, 0.2) is 0 Å². The number of benzene rings is 1. The van der Waals surface area contributed by atoms with Gasteiger partial charge in [-0.15, -0.1) is 12.4 Å². The van der Waals surface area contributed by atoms with E-state index in [1.807, 2.05) is 18.2 Å². The molecule has 3 N–H and O–H groups in total. The lowest BCUT2D eigenvalue weighted by atomic mass is 9.82. The molecule has 0 heterocycles. The lowest BCUT2D eigenvalue weighted by molar-refractivity contribution is -0.123. The Labute approximate surface area is 133 Å². The molecule has 116 valence electrons. The summed E-state index contributed by atoms with van der Waals surface area (Å²) in [5.74, 6) is 0.166. The van der Waals surface area contributed by atoms with Crippen molar-refractivity contribution in [3.63, 3.8) is 0 Å². The fourth-order valence-corrected chi connectivity index (χ4v) is 3.39. The van der Waals surface area contributed by atoms with Crippen LogP contribution in [-0.2, 0) is 10.2 Å². The van der Waals surface area contributed by atoms with Crippen LogP contribution in [0, 0.1) is 0 Å². The molecule has 1 aromatic rings. The van der Waals surface area contributed by atoms with Crippen molar-refractivity contribution >= 4 is 18.3 Å². The Bertz CT molecular complexity index is 479. The lowest BCUT2D eigenvalue weighted by Gasteiger charge is -2.34. The molecule has 1 aromatic carbocycles. The lowest BCUT2D eigenvalue weighted by Crippen LogP contribution is -2.52. The minimum atomic E-state index is -0.272. The summed E-state index contributed by atoms with van der Waals surface area (Å²) in [6.45, 7) is 0.625. The van der Waals surface area contributed by atoms with Crippen molar-refractivity contribution in [2.24, 2.45) is 5.73 Å². The van der Waals surface area contributed by atoms with Crippen molar-refractivity contribution in [1.82, 2.24) is 5.32 Å². The Morgan fingerprint density at radius 3 is 2.24 bits per heavy atom. The van der Waals surface area contributed by atoms with Crippen LogP contribution >= 0.6 is 12.4 Å². The van der Waals surface area contributed by atoms with Crippen LogP contribution in [0.15, 0.2) is 30.3 Å². The predicted octanol–water partition coefficient (Wildman–Crippen LogP) is 2.92. The van der Waals surface area contributed by atoms with E-state index in [4.69, 9.17) is 5.73 Å². The van der Waals surface area contributed by atoms with Crippen molar-refractivity contribution in [3.05, 3.63) is 35.9 Å². The molecular weight excluding hydrogens is 284 g/mol. The van der Waals surface area contributed by atoms with Gasteiger partial charge in [0.2, 0.25) is 5.91 Å². The van der Waals surface area contributed by atoms with Gasteiger partial charge in [-0.3, -0.25) is 4.79 Å². The van der Waals surface area contributed by atoms with E-state index >= 15 is 0 Å². The predicted molar refractivity (Wildman–Crippen MR) is 87.6 cm³/mol. The van der Waals surface area contributed by atoms with Crippen LogP contribution in [0.5, 0.6) is 0 Å². The van der Waals surface area contributed by atoms with Crippen LogP contribution in [0.3, 0.4) is 0 Å². The van der Waals surface area contributed by atoms with Crippen molar-refractivity contribution in [2.75, 3.05) is 6.54 Å². The second-order valence-corrected chi connectivity index (χ2v) is 6.55. The molecule has 0 bridgehead atoms. The number of rotatable bonds is 4. The molecule has 2 aliphatic rings. The van der Waals surface area contributed by atoms with Gasteiger partial charge in [-0.2, -0.15) is 0 Å². The molecule has 1 amide bonds. The number of hydrogen-bond donors (Lipinski definition) is 2. The average molecular weight is 309 g/mol. The Balaban J connectivity index is 0.00000161. The molecule has 21 heavy (non-hydrogen) atoms. The molecule has 3 rings (SSSR count). The van der Waals surface area contributed by atoms with Crippen LogP contribution in [0.25, 0.3) is 0 Å². The van der Waals surface area contributed by atoms with Gasteiger partial charge in [0.25, 0.3) is 0 Å². The SMILES string of the molecule is Cl.NC1(CNC(=O)C2(c3ccccc3)CC2)CCCCC1. The third-order valence-corrected chi connectivity index (χ3v) is 4.96. The van der Waals surface area contributed by atoms with E-state index < -0.39 is 0 Å². The maximum atomic E-state index is 12.5. The summed E-state index contributed by atoms with van der Waals surface area (Å²) in [6, 6.07) is 10.1. The minimum Gasteiger partial charge on any atom is -0.353 e. The summed E-state index contributed by atoms with van der Waals surface area (Å²) in [5.41, 5.74) is 7.09. The van der Waals surface area contributed by atoms with Crippen molar-refractivity contribution in [2.45, 2.75) is 55.9 Å². The zero-order valence-corrected chi connectivity index (χ0v) is 13.3. The normalized spacial score (nSPS) is 22.0. The topological polar surface area (TPSA) is 55.1 Å². The summed E-state index contributed by atoms with van der Waals surface area (Å²) < 4.78 is 0. The number of halogens is 1. The fraction of sp³-hybridized carbons (Fsp3) is 0.588. The van der Waals surface area contributed by atoms with Crippen molar-refractivity contribution < 1.29 is 4.79 Å². The quantitative estimate of drug-likeness (QED) is 0.898. The van der Waals surface area contributed by atoms with E-state index in [0.29, 0.717) is 6.54 Å². The van der Waals surface area contributed by atoms with E-state index in [1.54, 1.807) is 0 Å².